The summed E-state index contributed by atoms with van der Waals surface area (Å²) in [6.45, 7) is 3.14. The molecule has 0 atom stereocenters. The highest BCUT2D eigenvalue weighted by Gasteiger charge is 2.59. The summed E-state index contributed by atoms with van der Waals surface area (Å²) in [6, 6.07) is 4.79. The van der Waals surface area contributed by atoms with Crippen molar-refractivity contribution in [2.45, 2.75) is 44.6 Å². The highest BCUT2D eigenvalue weighted by Crippen LogP contribution is 2.65. The van der Waals surface area contributed by atoms with Gasteiger partial charge in [0.05, 0.1) is 5.69 Å². The number of hydrogen-bond acceptors (Lipinski definition) is 2. The number of halogens is 1. The number of nitrogens with zero attached hydrogens (tertiary/aromatic N) is 2. The molecule has 6 heteroatoms. The molecule has 7 rings (SSSR count). The van der Waals surface area contributed by atoms with Crippen LogP contribution >= 0.6 is 0 Å². The van der Waals surface area contributed by atoms with Crippen molar-refractivity contribution >= 4 is 16.8 Å². The monoisotopic (exact) mass is 364 g/mol. The molecule has 2 N–H and O–H groups in total. The van der Waals surface area contributed by atoms with Crippen molar-refractivity contribution in [3.05, 3.63) is 52.2 Å². The van der Waals surface area contributed by atoms with Crippen molar-refractivity contribution in [2.24, 2.45) is 5.92 Å². The molecular weight excluding hydrogens is 343 g/mol. The van der Waals surface area contributed by atoms with Gasteiger partial charge in [0, 0.05) is 47.1 Å². The summed E-state index contributed by atoms with van der Waals surface area (Å²) in [4.78, 5) is 18.1. The first kappa shape index (κ1) is 15.4. The van der Waals surface area contributed by atoms with Crippen LogP contribution in [0.2, 0.25) is 0 Å². The summed E-state index contributed by atoms with van der Waals surface area (Å²) >= 11 is 0. The Labute approximate surface area is 155 Å². The van der Waals surface area contributed by atoms with E-state index in [1.165, 1.54) is 48.3 Å². The predicted molar refractivity (Wildman–Crippen MR) is 99.0 cm³/mol. The van der Waals surface area contributed by atoms with E-state index in [-0.39, 0.29) is 17.1 Å². The molecular formula is C21H21FN4O. The Kier molecular flexibility index (Phi) is 2.86. The lowest BCUT2D eigenvalue weighted by molar-refractivity contribution is -0.0320. The first-order valence-electron chi connectivity index (χ1n) is 9.67. The zero-order valence-electron chi connectivity index (χ0n) is 15.2. The molecule has 2 bridgehead atoms. The van der Waals surface area contributed by atoms with Gasteiger partial charge in [-0.3, -0.25) is 9.89 Å². The van der Waals surface area contributed by atoms with Crippen LogP contribution in [0, 0.1) is 18.7 Å². The second-order valence-electron chi connectivity index (χ2n) is 8.63. The fraction of sp³-hybridized carbons (Fsp3) is 0.429. The third-order valence-electron chi connectivity index (χ3n) is 6.90. The number of amides is 1. The minimum Gasteiger partial charge on any atom is -0.350 e. The highest BCUT2D eigenvalue weighted by molar-refractivity contribution is 5.99. The van der Waals surface area contributed by atoms with E-state index in [1.54, 1.807) is 0 Å². The summed E-state index contributed by atoms with van der Waals surface area (Å²) in [5, 5.41) is 8.76. The van der Waals surface area contributed by atoms with Gasteiger partial charge in [-0.05, 0) is 55.9 Å². The molecule has 4 aliphatic rings. The Balaban J connectivity index is 1.32. The maximum atomic E-state index is 13.7. The van der Waals surface area contributed by atoms with E-state index in [4.69, 9.17) is 0 Å². The van der Waals surface area contributed by atoms with E-state index < -0.39 is 0 Å². The minimum atomic E-state index is -0.287. The largest absolute Gasteiger partial charge is 0.350 e. The number of carbonyl (C=O) groups excluding carboxylic acids is 1. The van der Waals surface area contributed by atoms with Crippen LogP contribution in [0.25, 0.3) is 10.9 Å². The van der Waals surface area contributed by atoms with E-state index in [9.17, 15) is 9.18 Å². The number of rotatable bonds is 2. The average Bonchev–Trinajstić information content (AvgIpc) is 3.16. The Morgan fingerprint density at radius 2 is 2.11 bits per heavy atom. The van der Waals surface area contributed by atoms with Gasteiger partial charge in [0.2, 0.25) is 0 Å². The van der Waals surface area contributed by atoms with Crippen LogP contribution < -0.4 is 0 Å². The van der Waals surface area contributed by atoms with Crippen molar-refractivity contribution in [3.63, 3.8) is 0 Å². The first-order chi connectivity index (χ1) is 13.0. The molecule has 0 saturated heterocycles. The molecule has 5 nitrogen and oxygen atoms in total. The van der Waals surface area contributed by atoms with E-state index >= 15 is 0 Å². The summed E-state index contributed by atoms with van der Waals surface area (Å²) in [5.41, 5.74) is 5.94. The van der Waals surface area contributed by atoms with Crippen molar-refractivity contribution < 1.29 is 9.18 Å². The maximum absolute atomic E-state index is 13.7. The smallest absolute Gasteiger partial charge is 0.270 e. The quantitative estimate of drug-likeness (QED) is 0.730. The number of hydrogen-bond donors (Lipinski definition) is 2. The topological polar surface area (TPSA) is 64.8 Å². The first-order valence-corrected chi connectivity index (χ1v) is 9.67. The van der Waals surface area contributed by atoms with E-state index in [0.717, 1.165) is 23.3 Å². The molecule has 2 aromatic heterocycles. The van der Waals surface area contributed by atoms with Gasteiger partial charge in [-0.1, -0.05) is 0 Å². The number of benzene rings is 1. The van der Waals surface area contributed by atoms with E-state index in [0.29, 0.717) is 24.3 Å². The number of aromatic amines is 2. The summed E-state index contributed by atoms with van der Waals surface area (Å²) in [7, 11) is 0. The lowest BCUT2D eigenvalue weighted by Crippen LogP contribution is -2.56. The average molecular weight is 364 g/mol. The highest BCUT2D eigenvalue weighted by atomic mass is 19.1. The molecule has 0 spiro atoms. The second kappa shape index (κ2) is 5.00. The Morgan fingerprint density at radius 1 is 1.30 bits per heavy atom. The molecule has 3 heterocycles. The summed E-state index contributed by atoms with van der Waals surface area (Å²) in [6.07, 6.45) is 4.57. The SMILES string of the molecule is Cc1cc(F)cc2[nH]c(C(=O)N3CCc4[nH]nc(C56CC(C5)C6)c4C3)cc12. The van der Waals surface area contributed by atoms with Crippen LogP contribution in [-0.4, -0.2) is 32.5 Å². The molecule has 3 fully saturated rings. The van der Waals surface area contributed by atoms with Crippen LogP contribution in [0.1, 0.15) is 52.3 Å². The van der Waals surface area contributed by atoms with Crippen molar-refractivity contribution in [3.8, 4) is 0 Å². The van der Waals surface area contributed by atoms with E-state index in [2.05, 4.69) is 15.2 Å². The molecule has 1 aromatic carbocycles. The molecule has 27 heavy (non-hydrogen) atoms. The standard InChI is InChI=1S/C21H21FN4O/c1-11-4-13(22)5-17-14(11)6-18(23-17)20(27)26-3-2-16-15(10-26)19(25-24-16)21-7-12(8-21)9-21/h4-6,12,23H,2-3,7-10H2,1H3,(H,24,25). The van der Waals surface area contributed by atoms with Crippen molar-refractivity contribution in [2.75, 3.05) is 6.54 Å². The lowest BCUT2D eigenvalue weighted by atomic mass is 9.43. The van der Waals surface area contributed by atoms with Crippen LogP contribution in [0.4, 0.5) is 4.39 Å². The number of carbonyl (C=O) groups is 1. The number of H-pyrrole nitrogens is 2. The van der Waals surface area contributed by atoms with Crippen LogP contribution in [0.3, 0.4) is 0 Å². The number of aryl methyl sites for hydroxylation is 1. The molecule has 138 valence electrons. The third kappa shape index (κ3) is 2.04. The van der Waals surface area contributed by atoms with Crippen molar-refractivity contribution in [1.29, 1.82) is 0 Å². The van der Waals surface area contributed by atoms with Gasteiger partial charge in [0.25, 0.3) is 5.91 Å². The van der Waals surface area contributed by atoms with Gasteiger partial charge in [0.15, 0.2) is 0 Å². The second-order valence-corrected chi connectivity index (χ2v) is 8.63. The molecule has 1 amide bonds. The van der Waals surface area contributed by atoms with Gasteiger partial charge in [-0.25, -0.2) is 4.39 Å². The van der Waals surface area contributed by atoms with E-state index in [1.807, 2.05) is 17.9 Å². The van der Waals surface area contributed by atoms with Gasteiger partial charge in [0.1, 0.15) is 11.5 Å². The predicted octanol–water partition coefficient (Wildman–Crippen LogP) is 3.59. The molecule has 3 aliphatic carbocycles. The van der Waals surface area contributed by atoms with Gasteiger partial charge < -0.3 is 9.88 Å². The fourth-order valence-electron chi connectivity index (χ4n) is 5.34. The molecule has 3 saturated carbocycles. The normalized spacial score (nSPS) is 25.9. The van der Waals surface area contributed by atoms with Crippen molar-refractivity contribution in [1.82, 2.24) is 20.1 Å². The number of fused-ring (bicyclic) bond motifs is 2. The minimum absolute atomic E-state index is 0.0265. The fourth-order valence-corrected chi connectivity index (χ4v) is 5.34. The molecule has 3 aromatic rings. The lowest BCUT2D eigenvalue weighted by Gasteiger charge is -2.61. The Morgan fingerprint density at radius 3 is 2.85 bits per heavy atom. The number of nitrogens with one attached hydrogen (secondary N) is 2. The molecule has 0 radical (unpaired) electrons. The molecule has 1 aliphatic heterocycles. The number of aromatic nitrogens is 3. The zero-order valence-corrected chi connectivity index (χ0v) is 15.2. The van der Waals surface area contributed by atoms with Crippen LogP contribution in [0.5, 0.6) is 0 Å². The Hall–Kier alpha value is -2.63. The Bertz CT molecular complexity index is 1090. The third-order valence-corrected chi connectivity index (χ3v) is 6.90. The van der Waals surface area contributed by atoms with Gasteiger partial charge in [-0.15, -0.1) is 0 Å². The van der Waals surface area contributed by atoms with Crippen LogP contribution in [0.15, 0.2) is 18.2 Å². The van der Waals surface area contributed by atoms with Gasteiger partial charge >= 0.3 is 0 Å². The summed E-state index contributed by atoms with van der Waals surface area (Å²) < 4.78 is 13.7. The maximum Gasteiger partial charge on any atom is 0.270 e. The molecule has 0 unspecified atom stereocenters. The van der Waals surface area contributed by atoms with Crippen LogP contribution in [-0.2, 0) is 18.4 Å². The zero-order chi connectivity index (χ0) is 18.3. The van der Waals surface area contributed by atoms with Gasteiger partial charge in [-0.2, -0.15) is 5.10 Å². The summed E-state index contributed by atoms with van der Waals surface area (Å²) in [5.74, 6) is 0.583.